The normalized spacial score (nSPS) is 15.6. The number of aryl methyl sites for hydroxylation is 1. The molecule has 178 valence electrons. The van der Waals surface area contributed by atoms with Gasteiger partial charge in [-0.15, -0.1) is 0 Å². The van der Waals surface area contributed by atoms with Crippen LogP contribution in [-0.2, 0) is 6.42 Å². The molecule has 4 rings (SSSR count). The van der Waals surface area contributed by atoms with Crippen molar-refractivity contribution in [1.82, 2.24) is 5.32 Å². The minimum Gasteiger partial charge on any atom is -0.496 e. The van der Waals surface area contributed by atoms with Crippen LogP contribution < -0.4 is 19.5 Å². The summed E-state index contributed by atoms with van der Waals surface area (Å²) in [6.07, 6.45) is 1.15. The second-order valence-electron chi connectivity index (χ2n) is 8.26. The number of carbonyl (C=O) groups is 1. The molecule has 0 fully saturated rings. The Balaban J connectivity index is 1.29. The summed E-state index contributed by atoms with van der Waals surface area (Å²) in [5.74, 6) is 0.910. The number of rotatable bonds is 10. The Morgan fingerprint density at radius 2 is 1.88 bits per heavy atom. The molecule has 0 unspecified atom stereocenters. The summed E-state index contributed by atoms with van der Waals surface area (Å²) in [5, 5.41) is 22.7. The summed E-state index contributed by atoms with van der Waals surface area (Å²) >= 11 is 0. The average Bonchev–Trinajstić information content (AvgIpc) is 2.87. The second kappa shape index (κ2) is 11.0. The van der Waals surface area contributed by atoms with Crippen LogP contribution in [0.1, 0.15) is 22.3 Å². The largest absolute Gasteiger partial charge is 0.496 e. The predicted octanol–water partition coefficient (Wildman–Crippen LogP) is 3.78. The molecular formula is C27H29NO6. The Hall–Kier alpha value is -3.55. The molecule has 7 heteroatoms. The monoisotopic (exact) mass is 463 g/mol. The van der Waals surface area contributed by atoms with Crippen molar-refractivity contribution in [2.24, 2.45) is 0 Å². The Morgan fingerprint density at radius 3 is 2.65 bits per heavy atom. The first-order valence-corrected chi connectivity index (χ1v) is 11.3. The van der Waals surface area contributed by atoms with Gasteiger partial charge in [-0.05, 0) is 65.9 Å². The first kappa shape index (κ1) is 23.6. The maximum atomic E-state index is 11.3. The van der Waals surface area contributed by atoms with Crippen LogP contribution in [0.4, 0.5) is 0 Å². The molecule has 0 saturated carbocycles. The van der Waals surface area contributed by atoms with E-state index in [0.717, 1.165) is 41.0 Å². The van der Waals surface area contributed by atoms with Crippen LogP contribution in [0.2, 0.25) is 0 Å². The molecule has 3 aromatic rings. The van der Waals surface area contributed by atoms with Crippen LogP contribution in [0, 0.1) is 0 Å². The van der Waals surface area contributed by atoms with E-state index in [1.807, 2.05) is 42.5 Å². The third-order valence-corrected chi connectivity index (χ3v) is 5.79. The SMILES string of the molecule is COc1cc(-c2ccc3c(c2)CC[C@H](CNC[C@H](O)COc2ccccc2)O3)ccc1C(=O)O. The minimum absolute atomic E-state index is 0.0236. The van der Waals surface area contributed by atoms with Crippen molar-refractivity contribution < 1.29 is 29.2 Å². The van der Waals surface area contributed by atoms with Gasteiger partial charge in [0.2, 0.25) is 0 Å². The fraction of sp³-hybridized carbons (Fsp3) is 0.296. The van der Waals surface area contributed by atoms with Gasteiger partial charge in [0.05, 0.1) is 7.11 Å². The summed E-state index contributed by atoms with van der Waals surface area (Å²) in [6, 6.07) is 20.5. The summed E-state index contributed by atoms with van der Waals surface area (Å²) in [4.78, 5) is 11.3. The van der Waals surface area contributed by atoms with Gasteiger partial charge in [-0.1, -0.05) is 30.3 Å². The smallest absolute Gasteiger partial charge is 0.339 e. The molecule has 0 bridgehead atoms. The fourth-order valence-electron chi connectivity index (χ4n) is 3.99. The van der Waals surface area contributed by atoms with E-state index in [1.54, 1.807) is 18.2 Å². The molecule has 1 aliphatic heterocycles. The molecule has 7 nitrogen and oxygen atoms in total. The van der Waals surface area contributed by atoms with Crippen molar-refractivity contribution in [3.8, 4) is 28.4 Å². The number of aliphatic hydroxyl groups excluding tert-OH is 1. The van der Waals surface area contributed by atoms with Gasteiger partial charge < -0.3 is 29.7 Å². The quantitative estimate of drug-likeness (QED) is 0.421. The lowest BCUT2D eigenvalue weighted by Crippen LogP contribution is -2.39. The van der Waals surface area contributed by atoms with Crippen LogP contribution in [0.5, 0.6) is 17.2 Å². The number of fused-ring (bicyclic) bond motifs is 1. The van der Waals surface area contributed by atoms with Crippen molar-refractivity contribution >= 4 is 5.97 Å². The highest BCUT2D eigenvalue weighted by Crippen LogP contribution is 2.34. The zero-order valence-corrected chi connectivity index (χ0v) is 19.1. The van der Waals surface area contributed by atoms with Crippen LogP contribution >= 0.6 is 0 Å². The highest BCUT2D eigenvalue weighted by Gasteiger charge is 2.21. The zero-order valence-electron chi connectivity index (χ0n) is 19.1. The highest BCUT2D eigenvalue weighted by atomic mass is 16.5. The molecule has 0 aliphatic carbocycles. The van der Waals surface area contributed by atoms with Gasteiger partial charge in [0.15, 0.2) is 0 Å². The summed E-state index contributed by atoms with van der Waals surface area (Å²) in [7, 11) is 1.47. The molecule has 34 heavy (non-hydrogen) atoms. The van der Waals surface area contributed by atoms with Gasteiger partial charge in [0, 0.05) is 13.1 Å². The van der Waals surface area contributed by atoms with Crippen molar-refractivity contribution in [1.29, 1.82) is 0 Å². The molecule has 3 aromatic carbocycles. The third kappa shape index (κ3) is 5.87. The lowest BCUT2D eigenvalue weighted by molar-refractivity contribution is 0.0693. The van der Waals surface area contributed by atoms with E-state index in [0.29, 0.717) is 18.8 Å². The molecule has 0 spiro atoms. The predicted molar refractivity (Wildman–Crippen MR) is 129 cm³/mol. The summed E-state index contributed by atoms with van der Waals surface area (Å²) in [5.41, 5.74) is 3.13. The Labute approximate surface area is 198 Å². The van der Waals surface area contributed by atoms with Crippen LogP contribution in [-0.4, -0.2) is 55.2 Å². The Kier molecular flexibility index (Phi) is 7.67. The number of aliphatic hydroxyl groups is 1. The summed E-state index contributed by atoms with van der Waals surface area (Å²) < 4.78 is 17.0. The lowest BCUT2D eigenvalue weighted by atomic mass is 9.96. The van der Waals surface area contributed by atoms with Gasteiger partial charge in [-0.3, -0.25) is 0 Å². The first-order valence-electron chi connectivity index (χ1n) is 11.3. The molecule has 3 N–H and O–H groups in total. The van der Waals surface area contributed by atoms with Crippen LogP contribution in [0.25, 0.3) is 11.1 Å². The lowest BCUT2D eigenvalue weighted by Gasteiger charge is -2.27. The maximum Gasteiger partial charge on any atom is 0.339 e. The molecule has 0 saturated heterocycles. The molecule has 0 amide bonds. The van der Waals surface area contributed by atoms with Gasteiger partial charge >= 0.3 is 5.97 Å². The number of carboxylic acid groups (broad SMARTS) is 1. The number of carboxylic acids is 1. The number of benzene rings is 3. The molecular weight excluding hydrogens is 434 g/mol. The third-order valence-electron chi connectivity index (χ3n) is 5.79. The number of aromatic carboxylic acids is 1. The van der Waals surface area contributed by atoms with Crippen LogP contribution in [0.15, 0.2) is 66.7 Å². The van der Waals surface area contributed by atoms with E-state index >= 15 is 0 Å². The van der Waals surface area contributed by atoms with E-state index in [4.69, 9.17) is 14.2 Å². The Morgan fingerprint density at radius 1 is 1.12 bits per heavy atom. The highest BCUT2D eigenvalue weighted by molar-refractivity contribution is 5.92. The molecule has 0 aromatic heterocycles. The number of nitrogens with one attached hydrogen (secondary N) is 1. The number of methoxy groups -OCH3 is 1. The Bertz CT molecular complexity index is 1120. The number of para-hydroxylation sites is 1. The van der Waals surface area contributed by atoms with E-state index < -0.39 is 12.1 Å². The van der Waals surface area contributed by atoms with Crippen molar-refractivity contribution in [3.63, 3.8) is 0 Å². The molecule has 1 aliphatic rings. The van der Waals surface area contributed by atoms with Gasteiger partial charge in [-0.25, -0.2) is 4.79 Å². The molecule has 1 heterocycles. The van der Waals surface area contributed by atoms with E-state index in [2.05, 4.69) is 11.4 Å². The average molecular weight is 464 g/mol. The second-order valence-corrected chi connectivity index (χ2v) is 8.26. The molecule has 2 atom stereocenters. The van der Waals surface area contributed by atoms with Crippen molar-refractivity contribution in [2.75, 3.05) is 26.8 Å². The zero-order chi connectivity index (χ0) is 23.9. The molecule has 0 radical (unpaired) electrons. The van der Waals surface area contributed by atoms with Gasteiger partial charge in [0.1, 0.15) is 41.6 Å². The van der Waals surface area contributed by atoms with Crippen molar-refractivity contribution in [3.05, 3.63) is 77.9 Å². The summed E-state index contributed by atoms with van der Waals surface area (Å²) in [6.45, 7) is 1.29. The fourth-order valence-corrected chi connectivity index (χ4v) is 3.99. The number of hydrogen-bond donors (Lipinski definition) is 3. The van der Waals surface area contributed by atoms with Gasteiger partial charge in [0.25, 0.3) is 0 Å². The number of hydrogen-bond acceptors (Lipinski definition) is 6. The van der Waals surface area contributed by atoms with Crippen LogP contribution in [0.3, 0.4) is 0 Å². The maximum absolute atomic E-state index is 11.3. The number of ether oxygens (including phenoxy) is 3. The topological polar surface area (TPSA) is 97.3 Å². The minimum atomic E-state index is -1.02. The van der Waals surface area contributed by atoms with Gasteiger partial charge in [-0.2, -0.15) is 0 Å². The standard InChI is InChI=1S/C27H29NO6/c1-32-26-14-19(8-11-24(26)27(30)31)18-9-12-25-20(13-18)7-10-23(34-25)16-28-15-21(29)17-33-22-5-3-2-4-6-22/h2-6,8-9,11-14,21,23,28-29H,7,10,15-17H2,1H3,(H,30,31)/t21-,23+/m0/s1. The van der Waals surface area contributed by atoms with E-state index in [1.165, 1.54) is 7.11 Å². The first-order chi connectivity index (χ1) is 16.5. The van der Waals surface area contributed by atoms with E-state index in [9.17, 15) is 15.0 Å². The van der Waals surface area contributed by atoms with E-state index in [-0.39, 0.29) is 18.3 Å². The van der Waals surface area contributed by atoms with Crippen molar-refractivity contribution in [2.45, 2.75) is 25.0 Å².